The molecule has 0 atom stereocenters. The van der Waals surface area contributed by atoms with Crippen LogP contribution in [0.4, 0.5) is 0 Å². The van der Waals surface area contributed by atoms with E-state index in [0.717, 1.165) is 35.5 Å². The molecule has 162 valence electrons. The molecule has 0 unspecified atom stereocenters. The summed E-state index contributed by atoms with van der Waals surface area (Å²) < 4.78 is 1.90. The first-order chi connectivity index (χ1) is 15.2. The van der Waals surface area contributed by atoms with Gasteiger partial charge in [-0.15, -0.1) is 5.10 Å². The third-order valence-electron chi connectivity index (χ3n) is 5.71. The molecule has 1 aromatic carbocycles. The zero-order valence-electron chi connectivity index (χ0n) is 17.9. The lowest BCUT2D eigenvalue weighted by Crippen LogP contribution is -2.31. The first kappa shape index (κ1) is 21.5. The van der Waals surface area contributed by atoms with Crippen LogP contribution < -0.4 is 0 Å². The third-order valence-corrected chi connectivity index (χ3v) is 6.63. The van der Waals surface area contributed by atoms with Crippen LogP contribution in [-0.2, 0) is 24.3 Å². The van der Waals surface area contributed by atoms with Crippen molar-refractivity contribution in [1.82, 2.24) is 30.1 Å². The fourth-order valence-corrected chi connectivity index (χ4v) is 4.77. The van der Waals surface area contributed by atoms with Gasteiger partial charge in [0, 0.05) is 25.5 Å². The monoisotopic (exact) mass is 436 g/mol. The number of carbonyl (C=O) groups excluding carboxylic acids is 1. The van der Waals surface area contributed by atoms with Crippen molar-refractivity contribution in [2.45, 2.75) is 63.3 Å². The molecular formula is C23H28N6OS. The van der Waals surface area contributed by atoms with Crippen molar-refractivity contribution >= 4 is 17.7 Å². The normalized spacial score (nSPS) is 14.1. The van der Waals surface area contributed by atoms with E-state index in [4.69, 9.17) is 0 Å². The average molecular weight is 437 g/mol. The van der Waals surface area contributed by atoms with Gasteiger partial charge >= 0.3 is 0 Å². The SMILES string of the molecule is CCc1ccc(CN(Cc2cccnc2)C(=O)CSc2nnnn2C2CCCC2)cc1. The summed E-state index contributed by atoms with van der Waals surface area (Å²) in [5.41, 5.74) is 3.43. The van der Waals surface area contributed by atoms with Crippen molar-refractivity contribution < 1.29 is 4.79 Å². The molecule has 3 aromatic rings. The van der Waals surface area contributed by atoms with E-state index in [1.54, 1.807) is 6.20 Å². The van der Waals surface area contributed by atoms with Crippen LogP contribution in [0.25, 0.3) is 0 Å². The number of carbonyl (C=O) groups is 1. The lowest BCUT2D eigenvalue weighted by molar-refractivity contribution is -0.129. The number of rotatable bonds is 9. The van der Waals surface area contributed by atoms with E-state index in [0.29, 0.717) is 24.9 Å². The number of hydrogen-bond acceptors (Lipinski definition) is 6. The fourth-order valence-electron chi connectivity index (χ4n) is 3.92. The van der Waals surface area contributed by atoms with Gasteiger partial charge in [0.25, 0.3) is 0 Å². The van der Waals surface area contributed by atoms with E-state index < -0.39 is 0 Å². The van der Waals surface area contributed by atoms with Crippen LogP contribution >= 0.6 is 11.8 Å². The molecule has 0 radical (unpaired) electrons. The Hall–Kier alpha value is -2.74. The third kappa shape index (κ3) is 5.70. The molecule has 0 aliphatic heterocycles. The van der Waals surface area contributed by atoms with Gasteiger partial charge in [0.1, 0.15) is 0 Å². The number of pyridine rings is 1. The van der Waals surface area contributed by atoms with E-state index >= 15 is 0 Å². The van der Waals surface area contributed by atoms with Crippen molar-refractivity contribution in [3.8, 4) is 0 Å². The Kier molecular flexibility index (Phi) is 7.30. The van der Waals surface area contributed by atoms with Gasteiger partial charge in [0.15, 0.2) is 0 Å². The lowest BCUT2D eigenvalue weighted by atomic mass is 10.1. The van der Waals surface area contributed by atoms with Crippen molar-refractivity contribution in [3.63, 3.8) is 0 Å². The van der Waals surface area contributed by atoms with Crippen LogP contribution in [0.15, 0.2) is 53.9 Å². The summed E-state index contributed by atoms with van der Waals surface area (Å²) in [6.45, 7) is 3.23. The maximum Gasteiger partial charge on any atom is 0.233 e. The quantitative estimate of drug-likeness (QED) is 0.471. The number of aryl methyl sites for hydroxylation is 1. The highest BCUT2D eigenvalue weighted by molar-refractivity contribution is 7.99. The number of amides is 1. The highest BCUT2D eigenvalue weighted by Crippen LogP contribution is 2.31. The van der Waals surface area contributed by atoms with E-state index in [-0.39, 0.29) is 5.91 Å². The van der Waals surface area contributed by atoms with Gasteiger partial charge in [0.05, 0.1) is 11.8 Å². The van der Waals surface area contributed by atoms with Crippen LogP contribution in [0.1, 0.15) is 55.3 Å². The summed E-state index contributed by atoms with van der Waals surface area (Å²) in [6.07, 6.45) is 9.20. The van der Waals surface area contributed by atoms with Gasteiger partial charge in [-0.1, -0.05) is 61.9 Å². The highest BCUT2D eigenvalue weighted by Gasteiger charge is 2.23. The van der Waals surface area contributed by atoms with Gasteiger partial charge in [-0.05, 0) is 52.4 Å². The van der Waals surface area contributed by atoms with E-state index in [1.165, 1.54) is 30.2 Å². The Morgan fingerprint density at radius 2 is 1.84 bits per heavy atom. The molecule has 2 heterocycles. The molecule has 4 rings (SSSR count). The number of tetrazole rings is 1. The zero-order valence-corrected chi connectivity index (χ0v) is 18.7. The van der Waals surface area contributed by atoms with E-state index in [9.17, 15) is 4.79 Å². The molecule has 1 aliphatic carbocycles. The van der Waals surface area contributed by atoms with Crippen molar-refractivity contribution in [1.29, 1.82) is 0 Å². The first-order valence-corrected chi connectivity index (χ1v) is 11.9. The minimum atomic E-state index is 0.0643. The molecule has 31 heavy (non-hydrogen) atoms. The van der Waals surface area contributed by atoms with Gasteiger partial charge < -0.3 is 4.90 Å². The second-order valence-corrected chi connectivity index (χ2v) is 8.86. The predicted octanol–water partition coefficient (Wildman–Crippen LogP) is 4.07. The summed E-state index contributed by atoms with van der Waals surface area (Å²) in [7, 11) is 0. The van der Waals surface area contributed by atoms with Crippen LogP contribution in [0.5, 0.6) is 0 Å². The van der Waals surface area contributed by atoms with Gasteiger partial charge in [-0.2, -0.15) is 0 Å². The molecule has 2 aromatic heterocycles. The largest absolute Gasteiger partial charge is 0.333 e. The maximum absolute atomic E-state index is 13.2. The predicted molar refractivity (Wildman–Crippen MR) is 120 cm³/mol. The number of thioether (sulfide) groups is 1. The molecule has 8 heteroatoms. The second-order valence-electron chi connectivity index (χ2n) is 7.91. The van der Waals surface area contributed by atoms with Crippen LogP contribution in [-0.4, -0.2) is 41.8 Å². The fraction of sp³-hybridized carbons (Fsp3) is 0.435. The summed E-state index contributed by atoms with van der Waals surface area (Å²) in [4.78, 5) is 19.3. The van der Waals surface area contributed by atoms with Crippen molar-refractivity contribution in [3.05, 3.63) is 65.5 Å². The lowest BCUT2D eigenvalue weighted by Gasteiger charge is -2.23. The minimum absolute atomic E-state index is 0.0643. The first-order valence-electron chi connectivity index (χ1n) is 10.9. The Bertz CT molecular complexity index is 969. The molecule has 1 fully saturated rings. The molecule has 0 saturated heterocycles. The number of aromatic nitrogens is 5. The number of hydrogen-bond donors (Lipinski definition) is 0. The zero-order chi connectivity index (χ0) is 21.5. The van der Waals surface area contributed by atoms with Crippen LogP contribution in [0, 0.1) is 0 Å². The molecule has 0 spiro atoms. The number of benzene rings is 1. The highest BCUT2D eigenvalue weighted by atomic mass is 32.2. The maximum atomic E-state index is 13.2. The van der Waals surface area contributed by atoms with Crippen molar-refractivity contribution in [2.75, 3.05) is 5.75 Å². The second kappa shape index (κ2) is 10.5. The summed E-state index contributed by atoms with van der Waals surface area (Å²) in [5.74, 6) is 0.370. The van der Waals surface area contributed by atoms with Gasteiger partial charge in [-0.3, -0.25) is 9.78 Å². The van der Waals surface area contributed by atoms with Gasteiger partial charge in [-0.25, -0.2) is 4.68 Å². The topological polar surface area (TPSA) is 76.8 Å². The molecule has 0 N–H and O–H groups in total. The molecular weight excluding hydrogens is 408 g/mol. The summed E-state index contributed by atoms with van der Waals surface area (Å²) >= 11 is 1.42. The Balaban J connectivity index is 1.45. The standard InChI is InChI=1S/C23H28N6OS/c1-2-18-9-11-19(12-10-18)15-28(16-20-6-5-13-24-14-20)22(30)17-31-23-25-26-27-29(23)21-7-3-4-8-21/h5-6,9-14,21H,2-4,7-8,15-17H2,1H3. The van der Waals surface area contributed by atoms with Crippen molar-refractivity contribution in [2.24, 2.45) is 0 Å². The van der Waals surface area contributed by atoms with Gasteiger partial charge in [0.2, 0.25) is 11.1 Å². The molecule has 0 bridgehead atoms. The number of nitrogens with zero attached hydrogens (tertiary/aromatic N) is 6. The van der Waals surface area contributed by atoms with Crippen LogP contribution in [0.3, 0.4) is 0 Å². The average Bonchev–Trinajstić information content (AvgIpc) is 3.50. The Morgan fingerprint density at radius 3 is 2.55 bits per heavy atom. The Labute approximate surface area is 187 Å². The van der Waals surface area contributed by atoms with E-state index in [2.05, 4.69) is 51.7 Å². The van der Waals surface area contributed by atoms with Crippen LogP contribution in [0.2, 0.25) is 0 Å². The molecule has 1 saturated carbocycles. The Morgan fingerprint density at radius 1 is 1.10 bits per heavy atom. The van der Waals surface area contributed by atoms with E-state index in [1.807, 2.05) is 27.9 Å². The summed E-state index contributed by atoms with van der Waals surface area (Å²) in [6, 6.07) is 12.7. The molecule has 1 amide bonds. The minimum Gasteiger partial charge on any atom is -0.333 e. The molecule has 1 aliphatic rings. The molecule has 7 nitrogen and oxygen atoms in total. The smallest absolute Gasteiger partial charge is 0.233 e. The summed E-state index contributed by atoms with van der Waals surface area (Å²) in [5, 5.41) is 12.9.